The Balaban J connectivity index is 0.00000162. The van der Waals surface area contributed by atoms with Gasteiger partial charge in [0.05, 0.1) is 0 Å². The first-order valence-electron chi connectivity index (χ1n) is 5.35. The highest BCUT2D eigenvalue weighted by Crippen LogP contribution is 2.23. The lowest BCUT2D eigenvalue weighted by Crippen LogP contribution is -2.09. The van der Waals surface area contributed by atoms with Gasteiger partial charge >= 0.3 is 5.97 Å². The maximum absolute atomic E-state index is 10.4. The number of aromatic amines is 1. The van der Waals surface area contributed by atoms with Crippen LogP contribution in [0.4, 0.5) is 0 Å². The first kappa shape index (κ1) is 14.3. The van der Waals surface area contributed by atoms with E-state index in [1.54, 1.807) is 6.07 Å². The second-order valence-electron chi connectivity index (χ2n) is 3.74. The van der Waals surface area contributed by atoms with Crippen LogP contribution in [0.25, 0.3) is 10.9 Å². The number of carbonyl (C=O) groups is 1. The van der Waals surface area contributed by atoms with Crippen molar-refractivity contribution in [2.45, 2.75) is 6.42 Å². The predicted molar refractivity (Wildman–Crippen MR) is 71.4 cm³/mol. The third kappa shape index (κ3) is 3.15. The molecule has 0 aliphatic carbocycles. The molecule has 18 heavy (non-hydrogen) atoms. The number of nitrogens with one attached hydrogen (secondary N) is 1. The molecule has 0 unspecified atom stereocenters. The highest BCUT2D eigenvalue weighted by atomic mass is 35.5. The van der Waals surface area contributed by atoms with E-state index in [9.17, 15) is 4.79 Å². The number of aliphatic carboxylic acids is 1. The van der Waals surface area contributed by atoms with E-state index in [1.807, 2.05) is 18.3 Å². The minimum Gasteiger partial charge on any atom is -0.482 e. The molecule has 2 rings (SSSR count). The minimum atomic E-state index is -0.985. The molecule has 98 valence electrons. The van der Waals surface area contributed by atoms with E-state index in [4.69, 9.17) is 15.6 Å². The molecule has 0 aliphatic heterocycles. The Kier molecular flexibility index (Phi) is 5.00. The van der Waals surface area contributed by atoms with Crippen molar-refractivity contribution in [3.05, 3.63) is 30.0 Å². The number of aromatic nitrogens is 1. The van der Waals surface area contributed by atoms with Gasteiger partial charge in [0, 0.05) is 17.1 Å². The summed E-state index contributed by atoms with van der Waals surface area (Å²) in [6.45, 7) is 0.245. The lowest BCUT2D eigenvalue weighted by molar-refractivity contribution is -0.139. The van der Waals surface area contributed by atoms with Crippen LogP contribution in [0.1, 0.15) is 5.56 Å². The van der Waals surface area contributed by atoms with Crippen LogP contribution in [0, 0.1) is 0 Å². The van der Waals surface area contributed by atoms with E-state index < -0.39 is 5.97 Å². The number of ether oxygens (including phenoxy) is 1. The highest BCUT2D eigenvalue weighted by molar-refractivity contribution is 5.85. The van der Waals surface area contributed by atoms with Crippen LogP contribution in [-0.2, 0) is 11.2 Å². The summed E-state index contributed by atoms with van der Waals surface area (Å²) in [5, 5.41) is 9.57. The largest absolute Gasteiger partial charge is 0.482 e. The standard InChI is InChI=1S/C12H14N2O3.ClH/c13-4-3-8-6-14-11-2-1-9(5-10(8)11)17-7-12(15)16;/h1-2,5-6,14H,3-4,7,13H2,(H,15,16);1H. The SMILES string of the molecule is Cl.NCCc1c[nH]c2ccc(OCC(=O)O)cc12. The third-order valence-electron chi connectivity index (χ3n) is 2.51. The Bertz CT molecular complexity index is 539. The molecule has 0 saturated heterocycles. The Morgan fingerprint density at radius 3 is 2.89 bits per heavy atom. The second kappa shape index (κ2) is 6.28. The molecule has 5 nitrogen and oxygen atoms in total. The first-order valence-corrected chi connectivity index (χ1v) is 5.35. The van der Waals surface area contributed by atoms with Crippen molar-refractivity contribution < 1.29 is 14.6 Å². The number of hydrogen-bond acceptors (Lipinski definition) is 3. The number of carboxylic acid groups (broad SMARTS) is 1. The van der Waals surface area contributed by atoms with Gasteiger partial charge in [-0.15, -0.1) is 12.4 Å². The zero-order valence-corrected chi connectivity index (χ0v) is 10.5. The number of carboxylic acids is 1. The van der Waals surface area contributed by atoms with E-state index >= 15 is 0 Å². The second-order valence-corrected chi connectivity index (χ2v) is 3.74. The fourth-order valence-corrected chi connectivity index (χ4v) is 1.75. The molecule has 0 saturated carbocycles. The highest BCUT2D eigenvalue weighted by Gasteiger charge is 2.05. The van der Waals surface area contributed by atoms with Gasteiger partial charge in [0.2, 0.25) is 0 Å². The summed E-state index contributed by atoms with van der Waals surface area (Å²) < 4.78 is 5.13. The van der Waals surface area contributed by atoms with Crippen LogP contribution >= 0.6 is 12.4 Å². The predicted octanol–water partition coefficient (Wildman–Crippen LogP) is 1.55. The van der Waals surface area contributed by atoms with Gasteiger partial charge < -0.3 is 20.6 Å². The summed E-state index contributed by atoms with van der Waals surface area (Å²) in [5.74, 6) is -0.431. The number of nitrogens with two attached hydrogens (primary N) is 1. The first-order chi connectivity index (χ1) is 8.20. The van der Waals surface area contributed by atoms with Gasteiger partial charge in [-0.05, 0) is 36.7 Å². The summed E-state index contributed by atoms with van der Waals surface area (Å²) >= 11 is 0. The van der Waals surface area contributed by atoms with Crippen molar-refractivity contribution in [2.24, 2.45) is 5.73 Å². The topological polar surface area (TPSA) is 88.3 Å². The van der Waals surface area contributed by atoms with Gasteiger partial charge in [-0.3, -0.25) is 0 Å². The monoisotopic (exact) mass is 270 g/mol. The molecule has 1 heterocycles. The summed E-state index contributed by atoms with van der Waals surface area (Å²) in [5.41, 5.74) is 7.63. The molecular formula is C12H15ClN2O3. The summed E-state index contributed by atoms with van der Waals surface area (Å²) in [4.78, 5) is 13.5. The average molecular weight is 271 g/mol. The fraction of sp³-hybridized carbons (Fsp3) is 0.250. The van der Waals surface area contributed by atoms with Crippen molar-refractivity contribution in [3.63, 3.8) is 0 Å². The van der Waals surface area contributed by atoms with Crippen LogP contribution in [0.2, 0.25) is 0 Å². The van der Waals surface area contributed by atoms with Crippen LogP contribution in [0.15, 0.2) is 24.4 Å². The summed E-state index contributed by atoms with van der Waals surface area (Å²) in [6.07, 6.45) is 2.70. The molecule has 0 atom stereocenters. The molecule has 6 heteroatoms. The lowest BCUT2D eigenvalue weighted by Gasteiger charge is -2.03. The maximum Gasteiger partial charge on any atom is 0.341 e. The van der Waals surface area contributed by atoms with E-state index in [-0.39, 0.29) is 19.0 Å². The van der Waals surface area contributed by atoms with Crippen molar-refractivity contribution in [3.8, 4) is 5.75 Å². The Morgan fingerprint density at radius 1 is 1.44 bits per heavy atom. The zero-order chi connectivity index (χ0) is 12.3. The third-order valence-corrected chi connectivity index (χ3v) is 2.51. The minimum absolute atomic E-state index is 0. The molecule has 0 radical (unpaired) electrons. The van der Waals surface area contributed by atoms with E-state index in [2.05, 4.69) is 4.98 Å². The average Bonchev–Trinajstić information content (AvgIpc) is 2.70. The summed E-state index contributed by atoms with van der Waals surface area (Å²) in [7, 11) is 0. The quantitative estimate of drug-likeness (QED) is 0.769. The smallest absolute Gasteiger partial charge is 0.341 e. The molecule has 0 spiro atoms. The number of halogens is 1. The molecule has 0 amide bonds. The van der Waals surface area contributed by atoms with Crippen molar-refractivity contribution >= 4 is 29.3 Å². The Labute approximate surface area is 110 Å². The Morgan fingerprint density at radius 2 is 2.22 bits per heavy atom. The number of H-pyrrole nitrogens is 1. The molecule has 4 N–H and O–H groups in total. The number of rotatable bonds is 5. The maximum atomic E-state index is 10.4. The van der Waals surface area contributed by atoms with Crippen LogP contribution in [0.5, 0.6) is 5.75 Å². The van der Waals surface area contributed by atoms with Crippen LogP contribution < -0.4 is 10.5 Å². The molecule has 1 aromatic heterocycles. The number of hydrogen-bond donors (Lipinski definition) is 3. The normalized spacial score (nSPS) is 10.1. The van der Waals surface area contributed by atoms with Crippen molar-refractivity contribution in [1.29, 1.82) is 0 Å². The number of fused-ring (bicyclic) bond motifs is 1. The molecule has 0 fully saturated rings. The molecular weight excluding hydrogens is 256 g/mol. The van der Waals surface area contributed by atoms with Crippen molar-refractivity contribution in [1.82, 2.24) is 4.98 Å². The van der Waals surface area contributed by atoms with Gasteiger partial charge in [0.15, 0.2) is 6.61 Å². The molecule has 1 aromatic carbocycles. The van der Waals surface area contributed by atoms with Crippen molar-refractivity contribution in [2.75, 3.05) is 13.2 Å². The molecule has 0 aliphatic rings. The molecule has 0 bridgehead atoms. The van der Waals surface area contributed by atoms with E-state index in [0.717, 1.165) is 22.9 Å². The van der Waals surface area contributed by atoms with Gasteiger partial charge in [-0.2, -0.15) is 0 Å². The van der Waals surface area contributed by atoms with E-state index in [1.165, 1.54) is 0 Å². The lowest BCUT2D eigenvalue weighted by atomic mass is 10.1. The van der Waals surface area contributed by atoms with Gasteiger partial charge in [0.25, 0.3) is 0 Å². The molecule has 2 aromatic rings. The fourth-order valence-electron chi connectivity index (χ4n) is 1.75. The number of benzene rings is 1. The van der Waals surface area contributed by atoms with Gasteiger partial charge in [0.1, 0.15) is 5.75 Å². The van der Waals surface area contributed by atoms with Crippen LogP contribution in [0.3, 0.4) is 0 Å². The zero-order valence-electron chi connectivity index (χ0n) is 9.68. The van der Waals surface area contributed by atoms with Crippen LogP contribution in [-0.4, -0.2) is 29.2 Å². The van der Waals surface area contributed by atoms with Gasteiger partial charge in [-0.1, -0.05) is 0 Å². The summed E-state index contributed by atoms with van der Waals surface area (Å²) in [6, 6.07) is 5.44. The Hall–Kier alpha value is -1.72. The van der Waals surface area contributed by atoms with Gasteiger partial charge in [-0.25, -0.2) is 4.79 Å². The van der Waals surface area contributed by atoms with E-state index in [0.29, 0.717) is 12.3 Å².